The summed E-state index contributed by atoms with van der Waals surface area (Å²) in [5.41, 5.74) is 4.78. The summed E-state index contributed by atoms with van der Waals surface area (Å²) in [5.74, 6) is 0.880. The number of aryl methyl sites for hydroxylation is 2. The van der Waals surface area contributed by atoms with Crippen molar-refractivity contribution < 1.29 is 0 Å². The van der Waals surface area contributed by atoms with Crippen LogP contribution in [0, 0.1) is 0 Å². The lowest BCUT2D eigenvalue weighted by Gasteiger charge is -2.30. The van der Waals surface area contributed by atoms with E-state index in [9.17, 15) is 4.79 Å². The number of fused-ring (bicyclic) bond motifs is 2. The van der Waals surface area contributed by atoms with Crippen LogP contribution in [0.2, 0.25) is 0 Å². The third-order valence-electron chi connectivity index (χ3n) is 6.51. The predicted octanol–water partition coefficient (Wildman–Crippen LogP) is 2.11. The molecule has 2 aliphatic carbocycles. The van der Waals surface area contributed by atoms with E-state index in [1.54, 1.807) is 4.68 Å². The molecule has 0 atom stereocenters. The molecule has 0 spiro atoms. The van der Waals surface area contributed by atoms with E-state index in [0.29, 0.717) is 6.04 Å². The van der Waals surface area contributed by atoms with Crippen LogP contribution in [0.5, 0.6) is 0 Å². The van der Waals surface area contributed by atoms with Gasteiger partial charge in [-0.05, 0) is 69.2 Å². The molecule has 28 heavy (non-hydrogen) atoms. The second-order valence-electron chi connectivity index (χ2n) is 8.59. The van der Waals surface area contributed by atoms with Gasteiger partial charge in [-0.1, -0.05) is 0 Å². The Balaban J connectivity index is 1.23. The largest absolute Gasteiger partial charge is 0.366 e. The Morgan fingerprint density at radius 2 is 1.86 bits per heavy atom. The van der Waals surface area contributed by atoms with Gasteiger partial charge in [0.1, 0.15) is 5.82 Å². The number of likely N-dealkylation sites (N-methyl/N-ethyl adjacent to an activating group) is 1. The highest BCUT2D eigenvalue weighted by Crippen LogP contribution is 2.30. The smallest absolute Gasteiger partial charge is 0.267 e. The van der Waals surface area contributed by atoms with Gasteiger partial charge in [0.15, 0.2) is 0 Å². The Hall–Kier alpha value is -2.28. The van der Waals surface area contributed by atoms with Crippen LogP contribution in [-0.4, -0.2) is 44.5 Å². The van der Waals surface area contributed by atoms with Gasteiger partial charge < -0.3 is 10.2 Å². The van der Waals surface area contributed by atoms with Crippen molar-refractivity contribution in [2.24, 2.45) is 0 Å². The standard InChI is InChI=1S/C21H28N6O/c1-26-10-9-18-15(13-26)11-20(24-23-18)22-16-5-7-17(8-6-16)27-21(28)12-14-3-2-4-19(14)25-27/h11-12,16-17H,2-10,13H2,1H3,(H,22,24). The summed E-state index contributed by atoms with van der Waals surface area (Å²) < 4.78 is 1.76. The first kappa shape index (κ1) is 17.8. The molecule has 1 saturated carbocycles. The third kappa shape index (κ3) is 3.43. The lowest BCUT2D eigenvalue weighted by Crippen LogP contribution is -2.34. The molecule has 0 unspecified atom stereocenters. The van der Waals surface area contributed by atoms with Crippen molar-refractivity contribution in [1.82, 2.24) is 24.9 Å². The van der Waals surface area contributed by atoms with Crippen LogP contribution in [0.25, 0.3) is 0 Å². The zero-order valence-corrected chi connectivity index (χ0v) is 16.5. The topological polar surface area (TPSA) is 75.9 Å². The fourth-order valence-corrected chi connectivity index (χ4v) is 4.89. The summed E-state index contributed by atoms with van der Waals surface area (Å²) in [6.45, 7) is 1.99. The first-order valence-corrected chi connectivity index (χ1v) is 10.6. The second kappa shape index (κ2) is 7.28. The summed E-state index contributed by atoms with van der Waals surface area (Å²) in [6.07, 6.45) is 8.12. The van der Waals surface area contributed by atoms with Crippen molar-refractivity contribution in [2.75, 3.05) is 18.9 Å². The first-order chi connectivity index (χ1) is 13.7. The Labute approximate surface area is 165 Å². The minimum atomic E-state index is 0.0710. The average Bonchev–Trinajstić information content (AvgIpc) is 3.15. The first-order valence-electron chi connectivity index (χ1n) is 10.6. The highest BCUT2D eigenvalue weighted by Gasteiger charge is 2.26. The van der Waals surface area contributed by atoms with E-state index >= 15 is 0 Å². The molecule has 1 aliphatic heterocycles. The number of nitrogens with zero attached hydrogens (tertiary/aromatic N) is 5. The zero-order valence-electron chi connectivity index (χ0n) is 16.5. The van der Waals surface area contributed by atoms with Crippen molar-refractivity contribution in [3.05, 3.63) is 45.0 Å². The van der Waals surface area contributed by atoms with Gasteiger partial charge in [0.05, 0.1) is 17.4 Å². The van der Waals surface area contributed by atoms with Crippen LogP contribution in [-0.2, 0) is 25.8 Å². The zero-order chi connectivity index (χ0) is 19.1. The minimum absolute atomic E-state index is 0.0710. The number of aromatic nitrogens is 4. The number of hydrogen-bond donors (Lipinski definition) is 1. The minimum Gasteiger partial charge on any atom is -0.366 e. The molecule has 2 aromatic rings. The van der Waals surface area contributed by atoms with Gasteiger partial charge in [-0.15, -0.1) is 5.10 Å². The van der Waals surface area contributed by atoms with Gasteiger partial charge in [-0.25, -0.2) is 4.68 Å². The third-order valence-corrected chi connectivity index (χ3v) is 6.51. The molecular formula is C21H28N6O. The maximum absolute atomic E-state index is 12.5. The monoisotopic (exact) mass is 380 g/mol. The Morgan fingerprint density at radius 3 is 2.71 bits per heavy atom. The fourth-order valence-electron chi connectivity index (χ4n) is 4.89. The molecule has 5 rings (SSSR count). The van der Waals surface area contributed by atoms with Gasteiger partial charge in [-0.2, -0.15) is 10.2 Å². The molecule has 148 valence electrons. The SMILES string of the molecule is CN1CCc2nnc(NC3CCC(n4nc5c(cc4=O)CCC5)CC3)cc2C1. The average molecular weight is 380 g/mol. The van der Waals surface area contributed by atoms with E-state index in [-0.39, 0.29) is 11.6 Å². The van der Waals surface area contributed by atoms with Gasteiger partial charge in [0.25, 0.3) is 5.56 Å². The Morgan fingerprint density at radius 1 is 1.00 bits per heavy atom. The van der Waals surface area contributed by atoms with Gasteiger partial charge in [0, 0.05) is 31.6 Å². The molecule has 7 heteroatoms. The summed E-state index contributed by atoms with van der Waals surface area (Å²) in [7, 11) is 2.15. The van der Waals surface area contributed by atoms with Crippen molar-refractivity contribution in [2.45, 2.75) is 70.0 Å². The molecule has 0 saturated heterocycles. The maximum atomic E-state index is 12.5. The molecule has 1 fully saturated rings. The van der Waals surface area contributed by atoms with Gasteiger partial charge in [0.2, 0.25) is 0 Å². The quantitative estimate of drug-likeness (QED) is 0.879. The fraction of sp³-hybridized carbons (Fsp3) is 0.619. The molecule has 2 aromatic heterocycles. The number of rotatable bonds is 3. The molecular weight excluding hydrogens is 352 g/mol. The predicted molar refractivity (Wildman–Crippen MR) is 108 cm³/mol. The van der Waals surface area contributed by atoms with E-state index in [4.69, 9.17) is 5.10 Å². The molecule has 0 radical (unpaired) electrons. The number of anilines is 1. The van der Waals surface area contributed by atoms with Crippen LogP contribution < -0.4 is 10.9 Å². The van der Waals surface area contributed by atoms with Crippen LogP contribution in [0.4, 0.5) is 5.82 Å². The maximum Gasteiger partial charge on any atom is 0.267 e. The highest BCUT2D eigenvalue weighted by atomic mass is 16.1. The van der Waals surface area contributed by atoms with Crippen LogP contribution >= 0.6 is 0 Å². The van der Waals surface area contributed by atoms with Crippen molar-refractivity contribution in [1.29, 1.82) is 0 Å². The van der Waals surface area contributed by atoms with Crippen molar-refractivity contribution in [3.8, 4) is 0 Å². The van der Waals surface area contributed by atoms with E-state index in [1.165, 1.54) is 5.56 Å². The van der Waals surface area contributed by atoms with Crippen molar-refractivity contribution >= 4 is 5.82 Å². The number of hydrogen-bond acceptors (Lipinski definition) is 6. The molecule has 0 amide bonds. The molecule has 7 nitrogen and oxygen atoms in total. The molecule has 3 aliphatic rings. The van der Waals surface area contributed by atoms with E-state index in [2.05, 4.69) is 33.5 Å². The van der Waals surface area contributed by atoms with E-state index in [1.807, 2.05) is 6.07 Å². The molecule has 3 heterocycles. The van der Waals surface area contributed by atoms with Gasteiger partial charge >= 0.3 is 0 Å². The van der Waals surface area contributed by atoms with Crippen LogP contribution in [0.3, 0.4) is 0 Å². The number of nitrogens with one attached hydrogen (secondary N) is 1. The Kier molecular flexibility index (Phi) is 4.62. The van der Waals surface area contributed by atoms with E-state index < -0.39 is 0 Å². The van der Waals surface area contributed by atoms with E-state index in [0.717, 1.165) is 87.2 Å². The van der Waals surface area contributed by atoms with Gasteiger partial charge in [-0.3, -0.25) is 4.79 Å². The normalized spacial score (nSPS) is 24.6. The lowest BCUT2D eigenvalue weighted by molar-refractivity contribution is 0.301. The molecule has 0 bridgehead atoms. The second-order valence-corrected chi connectivity index (χ2v) is 8.59. The summed E-state index contributed by atoms with van der Waals surface area (Å²) in [6, 6.07) is 4.59. The van der Waals surface area contributed by atoms with Crippen LogP contribution in [0.1, 0.15) is 60.7 Å². The summed E-state index contributed by atoms with van der Waals surface area (Å²) in [4.78, 5) is 14.8. The van der Waals surface area contributed by atoms with Crippen LogP contribution in [0.15, 0.2) is 16.9 Å². The highest BCUT2D eigenvalue weighted by molar-refractivity contribution is 5.40. The summed E-state index contributed by atoms with van der Waals surface area (Å²) in [5, 5.41) is 17.1. The molecule has 1 N–H and O–H groups in total. The molecule has 0 aromatic carbocycles. The Bertz CT molecular complexity index is 931. The summed E-state index contributed by atoms with van der Waals surface area (Å²) >= 11 is 0. The van der Waals surface area contributed by atoms with Crippen molar-refractivity contribution in [3.63, 3.8) is 0 Å². The lowest BCUT2D eigenvalue weighted by atomic mass is 9.91.